The van der Waals surface area contributed by atoms with Crippen LogP contribution in [0.1, 0.15) is 22.8 Å². The maximum absolute atomic E-state index is 11.6. The highest BCUT2D eigenvalue weighted by atomic mass is 79.9. The molecule has 1 rings (SSSR count). The molecule has 0 spiro atoms. The molecule has 0 atom stereocenters. The lowest BCUT2D eigenvalue weighted by atomic mass is 10.1. The predicted molar refractivity (Wildman–Crippen MR) is 66.7 cm³/mol. The molecule has 0 N–H and O–H groups in total. The van der Waals surface area contributed by atoms with Gasteiger partial charge >= 0.3 is 5.97 Å². The van der Waals surface area contributed by atoms with Gasteiger partial charge in [0.2, 0.25) is 0 Å². The molecule has 0 amide bonds. The molecule has 92 valence electrons. The fourth-order valence-corrected chi connectivity index (χ4v) is 1.81. The normalized spacial score (nSPS) is 10.1. The van der Waals surface area contributed by atoms with Crippen molar-refractivity contribution >= 4 is 39.2 Å². The highest BCUT2D eigenvalue weighted by molar-refractivity contribution is 9.08. The molecular weight excluding hydrogens is 313 g/mol. The Kier molecular flexibility index (Phi) is 4.89. The minimum Gasteiger partial charge on any atom is -0.462 e. The summed E-state index contributed by atoms with van der Waals surface area (Å²) in [5, 5.41) is 11.0. The maximum atomic E-state index is 11.6. The van der Waals surface area contributed by atoms with Gasteiger partial charge in [-0.25, -0.2) is 4.79 Å². The molecule has 0 aromatic heterocycles. The number of ether oxygens (including phenoxy) is 1. The average molecular weight is 323 g/mol. The molecule has 17 heavy (non-hydrogen) atoms. The Bertz CT molecular complexity index is 464. The van der Waals surface area contributed by atoms with Crippen LogP contribution in [0.2, 0.25) is 5.02 Å². The molecule has 0 bridgehead atoms. The van der Waals surface area contributed by atoms with Gasteiger partial charge in [-0.15, -0.1) is 0 Å². The molecule has 5 nitrogen and oxygen atoms in total. The number of hydrogen-bond donors (Lipinski definition) is 0. The van der Waals surface area contributed by atoms with Crippen molar-refractivity contribution in [2.24, 2.45) is 0 Å². The largest absolute Gasteiger partial charge is 0.462 e. The van der Waals surface area contributed by atoms with Gasteiger partial charge in [0.15, 0.2) is 0 Å². The number of alkyl halides is 1. The predicted octanol–water partition coefficient (Wildman–Crippen LogP) is 3.32. The monoisotopic (exact) mass is 321 g/mol. The fourth-order valence-electron chi connectivity index (χ4n) is 1.23. The van der Waals surface area contributed by atoms with Crippen molar-refractivity contribution in [3.05, 3.63) is 38.4 Å². The zero-order valence-corrected chi connectivity index (χ0v) is 11.2. The molecular formula is C10H9BrClNO4. The molecule has 0 aliphatic rings. The zero-order valence-electron chi connectivity index (χ0n) is 8.91. The van der Waals surface area contributed by atoms with Crippen LogP contribution in [0.5, 0.6) is 0 Å². The lowest BCUT2D eigenvalue weighted by Crippen LogP contribution is -2.07. The molecule has 0 saturated carbocycles. The number of nitro benzene ring substituents is 1. The highest BCUT2D eigenvalue weighted by Crippen LogP contribution is 2.31. The Morgan fingerprint density at radius 3 is 2.71 bits per heavy atom. The van der Waals surface area contributed by atoms with Gasteiger partial charge in [0.25, 0.3) is 5.69 Å². The van der Waals surface area contributed by atoms with Crippen molar-refractivity contribution in [1.29, 1.82) is 0 Å². The second-order valence-electron chi connectivity index (χ2n) is 3.09. The molecule has 0 unspecified atom stereocenters. The molecule has 0 radical (unpaired) electrons. The summed E-state index contributed by atoms with van der Waals surface area (Å²) < 4.78 is 4.78. The topological polar surface area (TPSA) is 69.4 Å². The molecule has 0 fully saturated rings. The van der Waals surface area contributed by atoms with Crippen molar-refractivity contribution < 1.29 is 14.5 Å². The first-order chi connectivity index (χ1) is 8.01. The maximum Gasteiger partial charge on any atom is 0.339 e. The van der Waals surface area contributed by atoms with E-state index in [0.29, 0.717) is 10.9 Å². The van der Waals surface area contributed by atoms with Gasteiger partial charge in [-0.05, 0) is 18.6 Å². The van der Waals surface area contributed by atoms with Crippen LogP contribution >= 0.6 is 27.5 Å². The van der Waals surface area contributed by atoms with E-state index in [2.05, 4.69) is 15.9 Å². The van der Waals surface area contributed by atoms with Gasteiger partial charge in [-0.3, -0.25) is 10.1 Å². The number of halogens is 2. The van der Waals surface area contributed by atoms with Crippen molar-refractivity contribution in [3.8, 4) is 0 Å². The van der Waals surface area contributed by atoms with Crippen molar-refractivity contribution in [2.75, 3.05) is 6.61 Å². The Labute approximate surface area is 111 Å². The Hall–Kier alpha value is -1.14. The molecule has 1 aromatic rings. The number of nitrogens with zero attached hydrogens (tertiary/aromatic N) is 1. The minimum absolute atomic E-state index is 0.0113. The van der Waals surface area contributed by atoms with Crippen LogP contribution in [0, 0.1) is 10.1 Å². The van der Waals surface area contributed by atoms with E-state index >= 15 is 0 Å². The van der Waals surface area contributed by atoms with E-state index in [0.717, 1.165) is 0 Å². The first-order valence-corrected chi connectivity index (χ1v) is 6.21. The molecule has 0 heterocycles. The third kappa shape index (κ3) is 3.17. The third-order valence-electron chi connectivity index (χ3n) is 1.96. The van der Waals surface area contributed by atoms with Crippen LogP contribution in [-0.2, 0) is 10.1 Å². The fraction of sp³-hybridized carbons (Fsp3) is 0.300. The average Bonchev–Trinajstić information content (AvgIpc) is 2.29. The molecule has 7 heteroatoms. The lowest BCUT2D eigenvalue weighted by molar-refractivity contribution is -0.384. The minimum atomic E-state index is -0.664. The number of carbonyl (C=O) groups excluding carboxylic acids is 1. The summed E-state index contributed by atoms with van der Waals surface area (Å²) in [5.41, 5.74) is 0.299. The van der Waals surface area contributed by atoms with Crippen LogP contribution in [0.15, 0.2) is 12.1 Å². The van der Waals surface area contributed by atoms with Crippen molar-refractivity contribution in [1.82, 2.24) is 0 Å². The van der Waals surface area contributed by atoms with E-state index in [-0.39, 0.29) is 22.9 Å². The summed E-state index contributed by atoms with van der Waals surface area (Å²) in [6.45, 7) is 1.83. The summed E-state index contributed by atoms with van der Waals surface area (Å²) >= 11 is 8.98. The van der Waals surface area contributed by atoms with Crippen LogP contribution < -0.4 is 0 Å². The molecule has 0 aliphatic heterocycles. The van der Waals surface area contributed by atoms with E-state index in [1.54, 1.807) is 6.92 Å². The summed E-state index contributed by atoms with van der Waals surface area (Å²) in [5.74, 6) is -0.664. The lowest BCUT2D eigenvalue weighted by Gasteiger charge is -2.06. The van der Waals surface area contributed by atoms with Crippen LogP contribution in [0.25, 0.3) is 0 Å². The van der Waals surface area contributed by atoms with Crippen molar-refractivity contribution in [3.63, 3.8) is 0 Å². The first kappa shape index (κ1) is 13.9. The van der Waals surface area contributed by atoms with Gasteiger partial charge in [0.1, 0.15) is 5.02 Å². The van der Waals surface area contributed by atoms with E-state index in [1.807, 2.05) is 0 Å². The number of benzene rings is 1. The Morgan fingerprint density at radius 2 is 2.24 bits per heavy atom. The van der Waals surface area contributed by atoms with E-state index in [1.165, 1.54) is 12.1 Å². The van der Waals surface area contributed by atoms with Crippen molar-refractivity contribution in [2.45, 2.75) is 12.3 Å². The second kappa shape index (κ2) is 5.97. The van der Waals surface area contributed by atoms with Gasteiger partial charge in [-0.1, -0.05) is 27.5 Å². The van der Waals surface area contributed by atoms with E-state index in [9.17, 15) is 14.9 Å². The third-order valence-corrected chi connectivity index (χ3v) is 3.00. The summed E-state index contributed by atoms with van der Waals surface area (Å²) in [4.78, 5) is 21.7. The van der Waals surface area contributed by atoms with Gasteiger partial charge < -0.3 is 4.74 Å². The smallest absolute Gasteiger partial charge is 0.339 e. The quantitative estimate of drug-likeness (QED) is 0.369. The molecule has 1 aromatic carbocycles. The number of rotatable bonds is 4. The number of esters is 1. The standard InChI is InChI=1S/C10H9BrClNO4/c1-2-17-10(14)7-3-6(5-11)4-8(9(7)12)13(15)16/h3-4H,2,5H2,1H3. The van der Waals surface area contributed by atoms with Crippen LogP contribution in [0.3, 0.4) is 0 Å². The Balaban J connectivity index is 3.33. The zero-order chi connectivity index (χ0) is 13.0. The SMILES string of the molecule is CCOC(=O)c1cc(CBr)cc([N+](=O)[O-])c1Cl. The van der Waals surface area contributed by atoms with Gasteiger partial charge in [-0.2, -0.15) is 0 Å². The summed E-state index contributed by atoms with van der Waals surface area (Å²) in [6.07, 6.45) is 0. The number of hydrogen-bond acceptors (Lipinski definition) is 4. The first-order valence-electron chi connectivity index (χ1n) is 4.71. The van der Waals surface area contributed by atoms with E-state index in [4.69, 9.17) is 16.3 Å². The molecule has 0 saturated heterocycles. The highest BCUT2D eigenvalue weighted by Gasteiger charge is 2.22. The Morgan fingerprint density at radius 1 is 1.59 bits per heavy atom. The van der Waals surface area contributed by atoms with Gasteiger partial charge in [0, 0.05) is 11.4 Å². The summed E-state index contributed by atoms with van der Waals surface area (Å²) in [7, 11) is 0. The number of nitro groups is 1. The number of carbonyl (C=O) groups is 1. The molecule has 0 aliphatic carbocycles. The van der Waals surface area contributed by atoms with Crippen LogP contribution in [-0.4, -0.2) is 17.5 Å². The second-order valence-corrected chi connectivity index (χ2v) is 4.03. The van der Waals surface area contributed by atoms with Gasteiger partial charge in [0.05, 0.1) is 17.1 Å². The summed E-state index contributed by atoms with van der Waals surface area (Å²) in [6, 6.07) is 2.79. The van der Waals surface area contributed by atoms with Crippen LogP contribution in [0.4, 0.5) is 5.69 Å². The van der Waals surface area contributed by atoms with E-state index < -0.39 is 10.9 Å².